The molecular formula is C23H22N2O3S2. The summed E-state index contributed by atoms with van der Waals surface area (Å²) in [6, 6.07) is 24.4. The molecule has 0 aliphatic carbocycles. The third kappa shape index (κ3) is 4.87. The van der Waals surface area contributed by atoms with Crippen molar-refractivity contribution in [1.29, 1.82) is 0 Å². The van der Waals surface area contributed by atoms with Crippen molar-refractivity contribution in [2.45, 2.75) is 24.3 Å². The number of aryl methyl sites for hydroxylation is 1. The Balaban J connectivity index is 1.48. The van der Waals surface area contributed by atoms with Crippen molar-refractivity contribution in [1.82, 2.24) is 4.98 Å². The monoisotopic (exact) mass is 438 g/mol. The molecule has 0 spiro atoms. The summed E-state index contributed by atoms with van der Waals surface area (Å²) in [5.74, 6) is 0. The maximum absolute atomic E-state index is 12.5. The van der Waals surface area contributed by atoms with Crippen LogP contribution in [0.5, 0.6) is 0 Å². The SMILES string of the molecule is Cc1ccc(S(=O)(=O)OCC[C@H](Nc2nc3ccccc3s2)c2ccccc2)cc1. The maximum atomic E-state index is 12.5. The Morgan fingerprint density at radius 1 is 0.967 bits per heavy atom. The Labute approximate surface area is 180 Å². The van der Waals surface area contributed by atoms with E-state index in [1.165, 1.54) is 0 Å². The van der Waals surface area contributed by atoms with Crippen molar-refractivity contribution in [3.05, 3.63) is 90.0 Å². The molecule has 154 valence electrons. The van der Waals surface area contributed by atoms with Crippen molar-refractivity contribution >= 4 is 36.8 Å². The average Bonchev–Trinajstić information content (AvgIpc) is 3.16. The Kier molecular flexibility index (Phi) is 6.13. The topological polar surface area (TPSA) is 68.3 Å². The van der Waals surface area contributed by atoms with Gasteiger partial charge in [0.2, 0.25) is 0 Å². The molecule has 0 saturated carbocycles. The number of para-hydroxylation sites is 1. The summed E-state index contributed by atoms with van der Waals surface area (Å²) < 4.78 is 31.4. The number of nitrogens with one attached hydrogen (secondary N) is 1. The molecule has 0 aliphatic rings. The predicted molar refractivity (Wildman–Crippen MR) is 121 cm³/mol. The molecule has 5 nitrogen and oxygen atoms in total. The molecule has 7 heteroatoms. The lowest BCUT2D eigenvalue weighted by Gasteiger charge is -2.18. The summed E-state index contributed by atoms with van der Waals surface area (Å²) in [7, 11) is -3.79. The summed E-state index contributed by atoms with van der Waals surface area (Å²) in [5, 5.41) is 4.25. The standard InChI is InChI=1S/C23H22N2O3S2/c1-17-11-13-19(14-12-17)30(26,27)28-16-15-20(18-7-3-2-4-8-18)24-23-25-21-9-5-6-10-22(21)29-23/h2-14,20H,15-16H2,1H3,(H,24,25)/t20-/m0/s1. The molecule has 0 fully saturated rings. The number of anilines is 1. The zero-order chi connectivity index (χ0) is 21.0. The molecule has 1 heterocycles. The van der Waals surface area contributed by atoms with Gasteiger partial charge >= 0.3 is 0 Å². The van der Waals surface area contributed by atoms with Crippen LogP contribution in [-0.4, -0.2) is 20.0 Å². The zero-order valence-corrected chi connectivity index (χ0v) is 18.1. The molecule has 0 bridgehead atoms. The molecule has 3 aromatic carbocycles. The van der Waals surface area contributed by atoms with Crippen LogP contribution in [0.1, 0.15) is 23.6 Å². The molecule has 0 aliphatic heterocycles. The van der Waals surface area contributed by atoms with E-state index in [-0.39, 0.29) is 17.5 Å². The van der Waals surface area contributed by atoms with E-state index in [4.69, 9.17) is 4.18 Å². The van der Waals surface area contributed by atoms with Crippen molar-refractivity contribution in [3.63, 3.8) is 0 Å². The highest BCUT2D eigenvalue weighted by atomic mass is 32.2. The number of rotatable bonds is 8. The highest BCUT2D eigenvalue weighted by molar-refractivity contribution is 7.86. The summed E-state index contributed by atoms with van der Waals surface area (Å²) in [6.07, 6.45) is 0.477. The van der Waals surface area contributed by atoms with Gasteiger partial charge in [-0.1, -0.05) is 71.5 Å². The highest BCUT2D eigenvalue weighted by Crippen LogP contribution is 2.30. The molecular weight excluding hydrogens is 416 g/mol. The second kappa shape index (κ2) is 8.95. The van der Waals surface area contributed by atoms with Gasteiger partial charge in [0, 0.05) is 0 Å². The third-order valence-corrected chi connectivity index (χ3v) is 7.04. The summed E-state index contributed by atoms with van der Waals surface area (Å²) in [4.78, 5) is 4.81. The Bertz CT molecular complexity index is 1190. The van der Waals surface area contributed by atoms with Crippen molar-refractivity contribution in [2.75, 3.05) is 11.9 Å². The van der Waals surface area contributed by atoms with Gasteiger partial charge in [-0.2, -0.15) is 8.42 Å². The van der Waals surface area contributed by atoms with E-state index >= 15 is 0 Å². The van der Waals surface area contributed by atoms with Gasteiger partial charge in [0.05, 0.1) is 27.8 Å². The predicted octanol–water partition coefficient (Wildman–Crippen LogP) is 5.55. The van der Waals surface area contributed by atoms with Crippen LogP contribution in [0.15, 0.2) is 83.8 Å². The van der Waals surface area contributed by atoms with E-state index in [9.17, 15) is 8.42 Å². The number of fused-ring (bicyclic) bond motifs is 1. The molecule has 1 N–H and O–H groups in total. The smallest absolute Gasteiger partial charge is 0.296 e. The second-order valence-corrected chi connectivity index (χ2v) is 9.62. The highest BCUT2D eigenvalue weighted by Gasteiger charge is 2.18. The lowest BCUT2D eigenvalue weighted by atomic mass is 10.0. The lowest BCUT2D eigenvalue weighted by molar-refractivity contribution is 0.304. The van der Waals surface area contributed by atoms with E-state index in [1.807, 2.05) is 61.5 Å². The van der Waals surface area contributed by atoms with Crippen LogP contribution in [-0.2, 0) is 14.3 Å². The Hall–Kier alpha value is -2.74. The molecule has 30 heavy (non-hydrogen) atoms. The largest absolute Gasteiger partial charge is 0.355 e. The van der Waals surface area contributed by atoms with Gasteiger partial charge in [-0.15, -0.1) is 0 Å². The normalized spacial score (nSPS) is 12.7. The molecule has 0 saturated heterocycles. The fourth-order valence-corrected chi connectivity index (χ4v) is 4.98. The van der Waals surface area contributed by atoms with E-state index in [0.29, 0.717) is 6.42 Å². The first-order valence-corrected chi connectivity index (χ1v) is 11.9. The van der Waals surface area contributed by atoms with Crippen LogP contribution in [0.2, 0.25) is 0 Å². The Morgan fingerprint density at radius 2 is 1.67 bits per heavy atom. The average molecular weight is 439 g/mol. The van der Waals surface area contributed by atoms with Gasteiger partial charge in [-0.25, -0.2) is 4.98 Å². The van der Waals surface area contributed by atoms with Gasteiger partial charge in [0.25, 0.3) is 10.1 Å². The molecule has 0 amide bonds. The van der Waals surface area contributed by atoms with E-state index < -0.39 is 10.1 Å². The first-order chi connectivity index (χ1) is 14.5. The minimum absolute atomic E-state index is 0.0632. The Morgan fingerprint density at radius 3 is 2.40 bits per heavy atom. The van der Waals surface area contributed by atoms with Crippen LogP contribution in [0.3, 0.4) is 0 Å². The molecule has 0 unspecified atom stereocenters. The number of benzene rings is 3. The summed E-state index contributed by atoms with van der Waals surface area (Å²) >= 11 is 1.58. The fourth-order valence-electron chi connectivity index (χ4n) is 3.14. The quantitative estimate of drug-likeness (QED) is 0.365. The number of thiazole rings is 1. The number of nitrogens with zero attached hydrogens (tertiary/aromatic N) is 1. The minimum Gasteiger partial charge on any atom is -0.355 e. The van der Waals surface area contributed by atoms with Crippen molar-refractivity contribution < 1.29 is 12.6 Å². The second-order valence-electron chi connectivity index (χ2n) is 6.97. The minimum atomic E-state index is -3.79. The van der Waals surface area contributed by atoms with Crippen LogP contribution < -0.4 is 5.32 Å². The summed E-state index contributed by atoms with van der Waals surface area (Å²) in [5.41, 5.74) is 2.99. The van der Waals surface area contributed by atoms with Crippen molar-refractivity contribution in [3.8, 4) is 0 Å². The first kappa shape index (κ1) is 20.5. The fraction of sp³-hybridized carbons (Fsp3) is 0.174. The number of hydrogen-bond acceptors (Lipinski definition) is 6. The third-order valence-electron chi connectivity index (χ3n) is 4.75. The van der Waals surface area contributed by atoms with Gasteiger partial charge < -0.3 is 5.32 Å². The van der Waals surface area contributed by atoms with Crippen LogP contribution in [0.25, 0.3) is 10.2 Å². The molecule has 1 aromatic heterocycles. The van der Waals surface area contributed by atoms with Crippen molar-refractivity contribution in [2.24, 2.45) is 0 Å². The lowest BCUT2D eigenvalue weighted by Crippen LogP contribution is -2.15. The van der Waals surface area contributed by atoms with Crippen LogP contribution in [0.4, 0.5) is 5.13 Å². The van der Waals surface area contributed by atoms with Gasteiger partial charge in [0.1, 0.15) is 0 Å². The van der Waals surface area contributed by atoms with E-state index in [1.54, 1.807) is 35.6 Å². The maximum Gasteiger partial charge on any atom is 0.296 e. The van der Waals surface area contributed by atoms with Crippen LogP contribution in [0, 0.1) is 6.92 Å². The molecule has 0 radical (unpaired) electrons. The first-order valence-electron chi connectivity index (χ1n) is 9.64. The molecule has 4 rings (SSSR count). The number of aromatic nitrogens is 1. The summed E-state index contributed by atoms with van der Waals surface area (Å²) in [6.45, 7) is 1.98. The van der Waals surface area contributed by atoms with Gasteiger partial charge in [-0.05, 0) is 43.2 Å². The van der Waals surface area contributed by atoms with E-state index in [2.05, 4.69) is 10.3 Å². The van der Waals surface area contributed by atoms with E-state index in [0.717, 1.165) is 26.5 Å². The molecule has 1 atom stereocenters. The number of hydrogen-bond donors (Lipinski definition) is 1. The van der Waals surface area contributed by atoms with Gasteiger partial charge in [-0.3, -0.25) is 4.18 Å². The van der Waals surface area contributed by atoms with Gasteiger partial charge in [0.15, 0.2) is 5.13 Å². The van der Waals surface area contributed by atoms with Crippen LogP contribution >= 0.6 is 11.3 Å². The zero-order valence-electron chi connectivity index (χ0n) is 16.5. The molecule has 4 aromatic rings.